The number of nitrogens with one attached hydrogen (secondary N) is 1. The molecule has 0 saturated carbocycles. The van der Waals surface area contributed by atoms with Crippen LogP contribution in [0.2, 0.25) is 0 Å². The fraction of sp³-hybridized carbons (Fsp3) is 0.423. The molecule has 4 N–H and O–H groups in total. The second kappa shape index (κ2) is 10.7. The van der Waals surface area contributed by atoms with Crippen LogP contribution in [0.3, 0.4) is 0 Å². The minimum absolute atomic E-state index is 0.111. The Morgan fingerprint density at radius 2 is 1.94 bits per heavy atom. The highest BCUT2D eigenvalue weighted by molar-refractivity contribution is 6.05. The van der Waals surface area contributed by atoms with Gasteiger partial charge in [0.05, 0.1) is 11.1 Å². The lowest BCUT2D eigenvalue weighted by molar-refractivity contribution is 0.100. The van der Waals surface area contributed by atoms with Crippen molar-refractivity contribution in [2.75, 3.05) is 19.8 Å². The van der Waals surface area contributed by atoms with Gasteiger partial charge in [0.2, 0.25) is 0 Å². The number of nitrogens with two attached hydrogens (primary N) is 1. The quantitative estimate of drug-likeness (QED) is 0.400. The zero-order chi connectivity index (χ0) is 23.3. The first-order chi connectivity index (χ1) is 15.3. The average molecular weight is 438 g/mol. The third-order valence-electron chi connectivity index (χ3n) is 6.00. The first-order valence-electron chi connectivity index (χ1n) is 11.3. The van der Waals surface area contributed by atoms with Gasteiger partial charge in [-0.15, -0.1) is 0 Å². The van der Waals surface area contributed by atoms with Crippen LogP contribution in [0.4, 0.5) is 0 Å². The molecule has 6 nitrogen and oxygen atoms in total. The van der Waals surface area contributed by atoms with Gasteiger partial charge in [-0.2, -0.15) is 0 Å². The van der Waals surface area contributed by atoms with Crippen molar-refractivity contribution in [3.8, 4) is 5.75 Å². The summed E-state index contributed by atoms with van der Waals surface area (Å²) in [5.74, 6) is 0.542. The summed E-state index contributed by atoms with van der Waals surface area (Å²) in [6.07, 6.45) is 3.36. The predicted molar refractivity (Wildman–Crippen MR) is 129 cm³/mol. The standard InChI is InChI=1S/C26H35N3O3/c1-17-6-7-18(2)25(20(17)4)32-13-9-28-19(3)14-21-15-22-8-11-29(10-5-12-30)24(22)23(16-21)26(27)31/h6-8,11,15-16,19,28,30H,5,9-10,12-14H2,1-4H3,(H2,27,31)/t19-/m1/s1. The van der Waals surface area contributed by atoms with E-state index in [1.807, 2.05) is 22.9 Å². The van der Waals surface area contributed by atoms with E-state index in [1.165, 1.54) is 11.1 Å². The van der Waals surface area contributed by atoms with Gasteiger partial charge in [0.15, 0.2) is 0 Å². The Labute approximate surface area is 190 Å². The summed E-state index contributed by atoms with van der Waals surface area (Å²) in [4.78, 5) is 12.1. The number of aliphatic hydroxyl groups excluding tert-OH is 1. The summed E-state index contributed by atoms with van der Waals surface area (Å²) >= 11 is 0. The van der Waals surface area contributed by atoms with Crippen molar-refractivity contribution < 1.29 is 14.6 Å². The van der Waals surface area contributed by atoms with Crippen molar-refractivity contribution in [2.24, 2.45) is 5.73 Å². The van der Waals surface area contributed by atoms with Crippen molar-refractivity contribution in [2.45, 2.75) is 53.1 Å². The van der Waals surface area contributed by atoms with Crippen molar-refractivity contribution in [3.63, 3.8) is 0 Å². The molecule has 0 saturated heterocycles. The molecular formula is C26H35N3O3. The molecule has 6 heteroatoms. The van der Waals surface area contributed by atoms with E-state index in [9.17, 15) is 4.79 Å². The number of carbonyl (C=O) groups is 1. The normalized spacial score (nSPS) is 12.3. The number of aromatic nitrogens is 1. The van der Waals surface area contributed by atoms with Crippen LogP contribution in [0.1, 0.15) is 46.0 Å². The minimum Gasteiger partial charge on any atom is -0.492 e. The number of rotatable bonds is 11. The second-order valence-electron chi connectivity index (χ2n) is 8.59. The molecule has 0 unspecified atom stereocenters. The summed E-state index contributed by atoms with van der Waals surface area (Å²) < 4.78 is 8.04. The van der Waals surface area contributed by atoms with Crippen LogP contribution in [-0.4, -0.2) is 41.4 Å². The van der Waals surface area contributed by atoms with E-state index in [-0.39, 0.29) is 12.6 Å². The number of hydrogen-bond acceptors (Lipinski definition) is 4. The summed E-state index contributed by atoms with van der Waals surface area (Å²) in [6.45, 7) is 10.5. The van der Waals surface area contributed by atoms with Crippen molar-refractivity contribution >= 4 is 16.8 Å². The van der Waals surface area contributed by atoms with Gasteiger partial charge in [-0.05, 0) is 81.0 Å². The summed E-state index contributed by atoms with van der Waals surface area (Å²) in [6, 6.07) is 10.4. The van der Waals surface area contributed by atoms with Crippen LogP contribution in [0.5, 0.6) is 5.75 Å². The number of fused-ring (bicyclic) bond motifs is 1. The first-order valence-corrected chi connectivity index (χ1v) is 11.3. The molecule has 0 radical (unpaired) electrons. The smallest absolute Gasteiger partial charge is 0.250 e. The number of hydrogen-bond donors (Lipinski definition) is 3. The third kappa shape index (κ3) is 5.50. The molecule has 32 heavy (non-hydrogen) atoms. The number of carbonyl (C=O) groups excluding carboxylic acids is 1. The minimum atomic E-state index is -0.432. The Balaban J connectivity index is 1.62. The third-order valence-corrected chi connectivity index (χ3v) is 6.00. The summed E-state index contributed by atoms with van der Waals surface area (Å²) in [5, 5.41) is 13.6. The van der Waals surface area contributed by atoms with E-state index in [2.05, 4.69) is 51.2 Å². The monoisotopic (exact) mass is 437 g/mol. The number of benzene rings is 2. The van der Waals surface area contributed by atoms with Gasteiger partial charge in [-0.3, -0.25) is 4.79 Å². The molecule has 1 heterocycles. The van der Waals surface area contributed by atoms with Gasteiger partial charge >= 0.3 is 0 Å². The van der Waals surface area contributed by atoms with Crippen LogP contribution in [0.25, 0.3) is 10.9 Å². The van der Waals surface area contributed by atoms with Gasteiger partial charge in [0.25, 0.3) is 5.91 Å². The largest absolute Gasteiger partial charge is 0.492 e. The van der Waals surface area contributed by atoms with E-state index in [0.717, 1.165) is 40.7 Å². The molecule has 0 spiro atoms. The Bertz CT molecular complexity index is 1090. The molecule has 0 bridgehead atoms. The van der Waals surface area contributed by atoms with Gasteiger partial charge in [0.1, 0.15) is 12.4 Å². The Morgan fingerprint density at radius 3 is 2.66 bits per heavy atom. The number of ether oxygens (including phenoxy) is 1. The highest BCUT2D eigenvalue weighted by atomic mass is 16.5. The van der Waals surface area contributed by atoms with Gasteiger partial charge in [-0.1, -0.05) is 12.1 Å². The maximum atomic E-state index is 12.1. The van der Waals surface area contributed by atoms with Gasteiger partial charge in [-0.25, -0.2) is 0 Å². The molecule has 1 atom stereocenters. The van der Waals surface area contributed by atoms with Crippen LogP contribution >= 0.6 is 0 Å². The number of primary amides is 1. The molecule has 1 amide bonds. The summed E-state index contributed by atoms with van der Waals surface area (Å²) in [5.41, 5.74) is 11.7. The molecule has 0 fully saturated rings. The second-order valence-corrected chi connectivity index (χ2v) is 8.59. The molecule has 0 aliphatic rings. The molecular weight excluding hydrogens is 402 g/mol. The number of aryl methyl sites for hydroxylation is 3. The Kier molecular flexibility index (Phi) is 7.94. The van der Waals surface area contributed by atoms with E-state index >= 15 is 0 Å². The highest BCUT2D eigenvalue weighted by Gasteiger charge is 2.15. The van der Waals surface area contributed by atoms with Crippen LogP contribution in [-0.2, 0) is 13.0 Å². The highest BCUT2D eigenvalue weighted by Crippen LogP contribution is 2.26. The van der Waals surface area contributed by atoms with Crippen molar-refractivity contribution in [3.05, 3.63) is 64.3 Å². The Hall–Kier alpha value is -2.83. The van der Waals surface area contributed by atoms with Crippen molar-refractivity contribution in [1.29, 1.82) is 0 Å². The van der Waals surface area contributed by atoms with E-state index in [4.69, 9.17) is 15.6 Å². The number of aliphatic hydroxyl groups is 1. The number of amides is 1. The van der Waals surface area contributed by atoms with Gasteiger partial charge in [0, 0.05) is 37.3 Å². The topological polar surface area (TPSA) is 89.5 Å². The van der Waals surface area contributed by atoms with E-state index in [0.29, 0.717) is 25.1 Å². The fourth-order valence-corrected chi connectivity index (χ4v) is 4.18. The molecule has 0 aliphatic heterocycles. The predicted octanol–water partition coefficient (Wildman–Crippen LogP) is 3.65. The molecule has 172 valence electrons. The maximum absolute atomic E-state index is 12.1. The molecule has 3 rings (SSSR count). The first kappa shape index (κ1) is 23.8. The SMILES string of the molecule is Cc1ccc(C)c(OCCN[C@H](C)Cc2cc(C(N)=O)c3c(ccn3CCCO)c2)c1C. The lowest BCUT2D eigenvalue weighted by Gasteiger charge is -2.17. The summed E-state index contributed by atoms with van der Waals surface area (Å²) in [7, 11) is 0. The van der Waals surface area contributed by atoms with E-state index in [1.54, 1.807) is 0 Å². The van der Waals surface area contributed by atoms with Crippen LogP contribution in [0.15, 0.2) is 36.5 Å². The molecule has 3 aromatic rings. The Morgan fingerprint density at radius 1 is 1.19 bits per heavy atom. The molecule has 0 aliphatic carbocycles. The zero-order valence-electron chi connectivity index (χ0n) is 19.6. The number of nitrogens with zero attached hydrogens (tertiary/aromatic N) is 1. The van der Waals surface area contributed by atoms with Crippen molar-refractivity contribution in [1.82, 2.24) is 9.88 Å². The van der Waals surface area contributed by atoms with E-state index < -0.39 is 5.91 Å². The molecule has 2 aromatic carbocycles. The van der Waals surface area contributed by atoms with Crippen LogP contribution < -0.4 is 15.8 Å². The fourth-order valence-electron chi connectivity index (χ4n) is 4.18. The zero-order valence-corrected chi connectivity index (χ0v) is 19.6. The lowest BCUT2D eigenvalue weighted by Crippen LogP contribution is -2.32. The average Bonchev–Trinajstić information content (AvgIpc) is 3.16. The van der Waals surface area contributed by atoms with Crippen LogP contribution in [0, 0.1) is 20.8 Å². The lowest BCUT2D eigenvalue weighted by atomic mass is 10.0. The molecule has 1 aromatic heterocycles. The van der Waals surface area contributed by atoms with Gasteiger partial charge < -0.3 is 25.5 Å². The maximum Gasteiger partial charge on any atom is 0.250 e.